The summed E-state index contributed by atoms with van der Waals surface area (Å²) in [4.78, 5) is 12.9. The predicted octanol–water partition coefficient (Wildman–Crippen LogP) is 3.96. The van der Waals surface area contributed by atoms with Gasteiger partial charge < -0.3 is 14.8 Å². The molecule has 0 saturated carbocycles. The SMILES string of the molecule is COc1ccc(NC(=O)/C(C#N)=C/c2ccc(Cl)s2)cc1OC. The lowest BCUT2D eigenvalue weighted by Gasteiger charge is -2.10. The van der Waals surface area contributed by atoms with E-state index in [2.05, 4.69) is 5.32 Å². The lowest BCUT2D eigenvalue weighted by atomic mass is 10.2. The predicted molar refractivity (Wildman–Crippen MR) is 91.1 cm³/mol. The first-order valence-electron chi connectivity index (χ1n) is 6.48. The van der Waals surface area contributed by atoms with Gasteiger partial charge in [0.2, 0.25) is 0 Å². The number of hydrogen-bond donors (Lipinski definition) is 1. The fraction of sp³-hybridized carbons (Fsp3) is 0.125. The first-order valence-corrected chi connectivity index (χ1v) is 7.67. The van der Waals surface area contributed by atoms with Crippen molar-refractivity contribution in [2.75, 3.05) is 19.5 Å². The zero-order valence-corrected chi connectivity index (χ0v) is 14.0. The maximum absolute atomic E-state index is 12.2. The van der Waals surface area contributed by atoms with Crippen molar-refractivity contribution in [2.24, 2.45) is 0 Å². The lowest BCUT2D eigenvalue weighted by Crippen LogP contribution is -2.13. The molecule has 2 aromatic rings. The number of hydrogen-bond acceptors (Lipinski definition) is 5. The summed E-state index contributed by atoms with van der Waals surface area (Å²) in [7, 11) is 3.03. The Kier molecular flexibility index (Phi) is 5.63. The van der Waals surface area contributed by atoms with Gasteiger partial charge in [-0.3, -0.25) is 4.79 Å². The van der Waals surface area contributed by atoms with Crippen LogP contribution in [0.25, 0.3) is 6.08 Å². The Bertz CT molecular complexity index is 793. The van der Waals surface area contributed by atoms with Crippen LogP contribution in [0.1, 0.15) is 4.88 Å². The van der Waals surface area contributed by atoms with E-state index in [1.165, 1.54) is 31.6 Å². The van der Waals surface area contributed by atoms with Crippen molar-refractivity contribution in [1.29, 1.82) is 5.26 Å². The van der Waals surface area contributed by atoms with Gasteiger partial charge in [0, 0.05) is 16.6 Å². The molecule has 1 aromatic carbocycles. The minimum Gasteiger partial charge on any atom is -0.493 e. The number of amides is 1. The van der Waals surface area contributed by atoms with Gasteiger partial charge in [0.05, 0.1) is 18.6 Å². The second kappa shape index (κ2) is 7.68. The zero-order chi connectivity index (χ0) is 16.8. The number of thiophene rings is 1. The van der Waals surface area contributed by atoms with E-state index in [9.17, 15) is 10.1 Å². The Morgan fingerprint density at radius 1 is 1.26 bits per heavy atom. The van der Waals surface area contributed by atoms with E-state index >= 15 is 0 Å². The van der Waals surface area contributed by atoms with Gasteiger partial charge in [0.1, 0.15) is 11.6 Å². The summed E-state index contributed by atoms with van der Waals surface area (Å²) in [6.07, 6.45) is 1.49. The maximum Gasteiger partial charge on any atom is 0.266 e. The van der Waals surface area contributed by atoms with Crippen molar-refractivity contribution in [3.8, 4) is 17.6 Å². The molecular formula is C16H13ClN2O3S. The quantitative estimate of drug-likeness (QED) is 0.655. The molecule has 5 nitrogen and oxygen atoms in total. The molecule has 0 aliphatic carbocycles. The molecule has 1 aromatic heterocycles. The van der Waals surface area contributed by atoms with Crippen molar-refractivity contribution in [3.05, 3.63) is 45.1 Å². The molecule has 0 aliphatic heterocycles. The molecule has 0 radical (unpaired) electrons. The normalized spacial score (nSPS) is 10.8. The van der Waals surface area contributed by atoms with Gasteiger partial charge in [-0.05, 0) is 30.3 Å². The smallest absolute Gasteiger partial charge is 0.266 e. The fourth-order valence-electron chi connectivity index (χ4n) is 1.81. The number of nitrogens with zero attached hydrogens (tertiary/aromatic N) is 1. The highest BCUT2D eigenvalue weighted by Gasteiger charge is 2.12. The molecule has 2 rings (SSSR count). The number of rotatable bonds is 5. The molecule has 0 unspecified atom stereocenters. The second-order valence-electron chi connectivity index (χ2n) is 4.34. The van der Waals surface area contributed by atoms with E-state index < -0.39 is 5.91 Å². The van der Waals surface area contributed by atoms with E-state index in [-0.39, 0.29) is 5.57 Å². The summed E-state index contributed by atoms with van der Waals surface area (Å²) in [5.41, 5.74) is 0.483. The number of benzene rings is 1. The third kappa shape index (κ3) is 4.25. The van der Waals surface area contributed by atoms with Crippen LogP contribution in [0.5, 0.6) is 11.5 Å². The van der Waals surface area contributed by atoms with Crippen molar-refractivity contribution in [3.63, 3.8) is 0 Å². The summed E-state index contributed by atoms with van der Waals surface area (Å²) in [5.74, 6) is 0.525. The second-order valence-corrected chi connectivity index (χ2v) is 6.08. The molecule has 0 bridgehead atoms. The van der Waals surface area contributed by atoms with Crippen LogP contribution < -0.4 is 14.8 Å². The molecule has 0 fully saturated rings. The average molecular weight is 349 g/mol. The Hall–Kier alpha value is -2.49. The molecule has 0 aliphatic rings. The summed E-state index contributed by atoms with van der Waals surface area (Å²) < 4.78 is 10.9. The summed E-state index contributed by atoms with van der Waals surface area (Å²) in [5, 5.41) is 11.8. The highest BCUT2D eigenvalue weighted by Crippen LogP contribution is 2.30. The number of nitriles is 1. The first-order chi connectivity index (χ1) is 11.1. The lowest BCUT2D eigenvalue weighted by molar-refractivity contribution is -0.112. The van der Waals surface area contributed by atoms with Crippen LogP contribution >= 0.6 is 22.9 Å². The summed E-state index contributed by atoms with van der Waals surface area (Å²) in [6.45, 7) is 0. The average Bonchev–Trinajstić information content (AvgIpc) is 2.97. The number of ether oxygens (including phenoxy) is 2. The molecule has 0 saturated heterocycles. The number of nitrogens with one attached hydrogen (secondary N) is 1. The summed E-state index contributed by atoms with van der Waals surface area (Å²) >= 11 is 7.13. The fourth-order valence-corrected chi connectivity index (χ4v) is 2.81. The minimum atomic E-state index is -0.510. The molecule has 7 heteroatoms. The van der Waals surface area contributed by atoms with Crippen LogP contribution in [0, 0.1) is 11.3 Å². The monoisotopic (exact) mass is 348 g/mol. The largest absolute Gasteiger partial charge is 0.493 e. The molecule has 0 spiro atoms. The van der Waals surface area contributed by atoms with E-state index in [0.717, 1.165) is 4.88 Å². The van der Waals surface area contributed by atoms with Gasteiger partial charge in [0.25, 0.3) is 5.91 Å². The number of methoxy groups -OCH3 is 2. The number of carbonyl (C=O) groups is 1. The van der Waals surface area contributed by atoms with Gasteiger partial charge in [0.15, 0.2) is 11.5 Å². The Labute approximate surface area is 142 Å². The maximum atomic E-state index is 12.2. The van der Waals surface area contributed by atoms with Crippen molar-refractivity contribution < 1.29 is 14.3 Å². The van der Waals surface area contributed by atoms with Gasteiger partial charge in [-0.15, -0.1) is 11.3 Å². The van der Waals surface area contributed by atoms with Crippen LogP contribution in [-0.2, 0) is 4.79 Å². The number of anilines is 1. The van der Waals surface area contributed by atoms with Crippen LogP contribution in [0.4, 0.5) is 5.69 Å². The third-order valence-electron chi connectivity index (χ3n) is 2.89. The van der Waals surface area contributed by atoms with E-state index in [1.807, 2.05) is 6.07 Å². The van der Waals surface area contributed by atoms with Crippen molar-refractivity contribution in [2.45, 2.75) is 0 Å². The Balaban J connectivity index is 2.20. The van der Waals surface area contributed by atoms with E-state index in [1.54, 1.807) is 30.3 Å². The summed E-state index contributed by atoms with van der Waals surface area (Å²) in [6, 6.07) is 10.3. The number of halogens is 1. The van der Waals surface area contributed by atoms with Gasteiger partial charge in [-0.25, -0.2) is 0 Å². The third-order valence-corrected chi connectivity index (χ3v) is 4.07. The van der Waals surface area contributed by atoms with E-state index in [4.69, 9.17) is 21.1 Å². The van der Waals surface area contributed by atoms with Crippen molar-refractivity contribution >= 4 is 40.6 Å². The minimum absolute atomic E-state index is 0.0155. The van der Waals surface area contributed by atoms with Crippen LogP contribution in [0.2, 0.25) is 4.34 Å². The first kappa shape index (κ1) is 16.9. The van der Waals surface area contributed by atoms with Crippen molar-refractivity contribution in [1.82, 2.24) is 0 Å². The van der Waals surface area contributed by atoms with Crippen LogP contribution in [0.3, 0.4) is 0 Å². The van der Waals surface area contributed by atoms with Crippen LogP contribution in [0.15, 0.2) is 35.9 Å². The number of carbonyl (C=O) groups excluding carboxylic acids is 1. The molecule has 118 valence electrons. The van der Waals surface area contributed by atoms with Gasteiger partial charge in [-0.2, -0.15) is 5.26 Å². The Morgan fingerprint density at radius 2 is 2.00 bits per heavy atom. The van der Waals surface area contributed by atoms with Gasteiger partial charge in [-0.1, -0.05) is 11.6 Å². The Morgan fingerprint density at radius 3 is 2.57 bits per heavy atom. The zero-order valence-electron chi connectivity index (χ0n) is 12.4. The highest BCUT2D eigenvalue weighted by molar-refractivity contribution is 7.17. The van der Waals surface area contributed by atoms with Crippen LogP contribution in [-0.4, -0.2) is 20.1 Å². The molecule has 1 amide bonds. The van der Waals surface area contributed by atoms with E-state index in [0.29, 0.717) is 21.5 Å². The topological polar surface area (TPSA) is 71.3 Å². The molecule has 0 atom stereocenters. The molecular weight excluding hydrogens is 336 g/mol. The van der Waals surface area contributed by atoms with Gasteiger partial charge >= 0.3 is 0 Å². The highest BCUT2D eigenvalue weighted by atomic mass is 35.5. The standard InChI is InChI=1S/C16H13ClN2O3S/c1-21-13-5-3-11(8-14(13)22-2)19-16(20)10(9-18)7-12-4-6-15(17)23-12/h3-8H,1-2H3,(H,19,20)/b10-7+. The molecule has 23 heavy (non-hydrogen) atoms. The molecule has 1 N–H and O–H groups in total. The molecule has 1 heterocycles.